The number of amides is 1. The van der Waals surface area contributed by atoms with E-state index in [1.165, 1.54) is 23.5 Å². The van der Waals surface area contributed by atoms with Gasteiger partial charge < -0.3 is 4.74 Å². The average molecular weight is 465 g/mol. The number of carbonyl (C=O) groups excluding carboxylic acids is 1. The number of nitrogens with zero attached hydrogens (tertiary/aromatic N) is 2. The molecule has 0 bridgehead atoms. The number of hydrogen-bond acceptors (Lipinski definition) is 5. The van der Waals surface area contributed by atoms with Gasteiger partial charge in [0.25, 0.3) is 0 Å². The lowest BCUT2D eigenvalue weighted by Crippen LogP contribution is -2.37. The molecule has 0 N–H and O–H groups in total. The standard InChI is InChI=1S/C22H22ClFN2O2S2/c1-14-18(23)8-9-19-21(14)25-22(30-19)26(13-16-3-2-11-28-16)20(27)10-12-29-17-6-4-15(24)5-7-17/h4-9,16H,2-3,10-13H2,1H3. The molecule has 158 valence electrons. The topological polar surface area (TPSA) is 42.4 Å². The summed E-state index contributed by atoms with van der Waals surface area (Å²) in [6.45, 7) is 3.19. The number of carbonyl (C=O) groups is 1. The van der Waals surface area contributed by atoms with Gasteiger partial charge in [-0.05, 0) is 61.7 Å². The largest absolute Gasteiger partial charge is 0.376 e. The van der Waals surface area contributed by atoms with Crippen molar-refractivity contribution in [3.63, 3.8) is 0 Å². The second kappa shape index (κ2) is 9.64. The molecular formula is C22H22ClFN2O2S2. The minimum Gasteiger partial charge on any atom is -0.376 e. The van der Waals surface area contributed by atoms with Crippen LogP contribution in [0.1, 0.15) is 24.8 Å². The second-order valence-electron chi connectivity index (χ2n) is 7.21. The molecule has 1 unspecified atom stereocenters. The van der Waals surface area contributed by atoms with Gasteiger partial charge in [0.05, 0.1) is 22.9 Å². The van der Waals surface area contributed by atoms with Gasteiger partial charge in [0.1, 0.15) is 5.82 Å². The first-order valence-electron chi connectivity index (χ1n) is 9.87. The summed E-state index contributed by atoms with van der Waals surface area (Å²) in [6, 6.07) is 10.1. The van der Waals surface area contributed by atoms with Crippen molar-refractivity contribution in [1.82, 2.24) is 4.98 Å². The van der Waals surface area contributed by atoms with E-state index < -0.39 is 0 Å². The summed E-state index contributed by atoms with van der Waals surface area (Å²) >= 11 is 9.30. The van der Waals surface area contributed by atoms with E-state index in [-0.39, 0.29) is 17.8 Å². The maximum absolute atomic E-state index is 13.1. The fourth-order valence-electron chi connectivity index (χ4n) is 3.40. The van der Waals surface area contributed by atoms with E-state index in [0.29, 0.717) is 28.9 Å². The van der Waals surface area contributed by atoms with Gasteiger partial charge in [0.15, 0.2) is 5.13 Å². The Balaban J connectivity index is 1.50. The molecule has 0 saturated carbocycles. The van der Waals surface area contributed by atoms with E-state index in [0.717, 1.165) is 40.1 Å². The molecule has 1 aliphatic heterocycles. The van der Waals surface area contributed by atoms with Crippen LogP contribution in [0, 0.1) is 12.7 Å². The van der Waals surface area contributed by atoms with Crippen LogP contribution in [0.25, 0.3) is 10.2 Å². The van der Waals surface area contributed by atoms with Crippen molar-refractivity contribution >= 4 is 56.0 Å². The van der Waals surface area contributed by atoms with Crippen LogP contribution in [0.3, 0.4) is 0 Å². The minimum absolute atomic E-state index is 0.0166. The molecule has 8 heteroatoms. The van der Waals surface area contributed by atoms with E-state index in [1.54, 1.807) is 28.8 Å². The quantitative estimate of drug-likeness (QED) is 0.397. The van der Waals surface area contributed by atoms with Gasteiger partial charge in [-0.25, -0.2) is 9.37 Å². The number of thioether (sulfide) groups is 1. The van der Waals surface area contributed by atoms with E-state index in [4.69, 9.17) is 21.3 Å². The molecule has 1 aliphatic rings. The number of thiazole rings is 1. The van der Waals surface area contributed by atoms with Gasteiger partial charge in [-0.1, -0.05) is 22.9 Å². The Morgan fingerprint density at radius 2 is 2.13 bits per heavy atom. The Bertz CT molecular complexity index is 1040. The predicted molar refractivity (Wildman–Crippen MR) is 122 cm³/mol. The van der Waals surface area contributed by atoms with E-state index >= 15 is 0 Å². The highest BCUT2D eigenvalue weighted by Gasteiger charge is 2.26. The number of halogens is 2. The molecule has 1 aromatic heterocycles. The molecule has 1 amide bonds. The molecule has 0 spiro atoms. The first-order valence-corrected chi connectivity index (χ1v) is 12.1. The maximum Gasteiger partial charge on any atom is 0.229 e. The molecule has 0 radical (unpaired) electrons. The zero-order valence-corrected chi connectivity index (χ0v) is 19.0. The van der Waals surface area contributed by atoms with Gasteiger partial charge >= 0.3 is 0 Å². The summed E-state index contributed by atoms with van der Waals surface area (Å²) in [4.78, 5) is 20.6. The maximum atomic E-state index is 13.1. The smallest absolute Gasteiger partial charge is 0.229 e. The predicted octanol–water partition coefficient (Wildman–Crippen LogP) is 6.09. The molecule has 3 aromatic rings. The third-order valence-corrected chi connectivity index (χ3v) is 7.54. The number of ether oxygens (including phenoxy) is 1. The molecular weight excluding hydrogens is 443 g/mol. The molecule has 30 heavy (non-hydrogen) atoms. The van der Waals surface area contributed by atoms with Crippen molar-refractivity contribution < 1.29 is 13.9 Å². The Hall–Kier alpha value is -1.67. The van der Waals surface area contributed by atoms with Gasteiger partial charge in [-0.15, -0.1) is 11.8 Å². The lowest BCUT2D eigenvalue weighted by Gasteiger charge is -2.23. The first kappa shape index (κ1) is 21.6. The molecule has 1 fully saturated rings. The Kier molecular flexibility index (Phi) is 6.93. The number of anilines is 1. The van der Waals surface area contributed by atoms with Crippen molar-refractivity contribution in [3.8, 4) is 0 Å². The Morgan fingerprint density at radius 3 is 2.87 bits per heavy atom. The average Bonchev–Trinajstić information content (AvgIpc) is 3.40. The van der Waals surface area contributed by atoms with Crippen molar-refractivity contribution in [2.24, 2.45) is 0 Å². The number of benzene rings is 2. The summed E-state index contributed by atoms with van der Waals surface area (Å²) in [7, 11) is 0. The number of fused-ring (bicyclic) bond motifs is 1. The summed E-state index contributed by atoms with van der Waals surface area (Å²) in [5, 5.41) is 1.36. The van der Waals surface area contributed by atoms with Gasteiger partial charge in [-0.2, -0.15) is 0 Å². The number of aromatic nitrogens is 1. The summed E-state index contributed by atoms with van der Waals surface area (Å²) in [5.74, 6) is 0.370. The lowest BCUT2D eigenvalue weighted by molar-refractivity contribution is -0.118. The van der Waals surface area contributed by atoms with Crippen LogP contribution >= 0.6 is 34.7 Å². The highest BCUT2D eigenvalue weighted by atomic mass is 35.5. The monoisotopic (exact) mass is 464 g/mol. The van der Waals surface area contributed by atoms with Crippen LogP contribution < -0.4 is 4.90 Å². The van der Waals surface area contributed by atoms with E-state index in [2.05, 4.69) is 0 Å². The second-order valence-corrected chi connectivity index (χ2v) is 9.79. The minimum atomic E-state index is -0.260. The SMILES string of the molecule is Cc1c(Cl)ccc2sc(N(CC3CCCO3)C(=O)CCSc3ccc(F)cc3)nc12. The van der Waals surface area contributed by atoms with Crippen LogP contribution in [0.5, 0.6) is 0 Å². The van der Waals surface area contributed by atoms with Crippen molar-refractivity contribution in [3.05, 3.63) is 52.8 Å². The zero-order valence-electron chi connectivity index (χ0n) is 16.6. The normalized spacial score (nSPS) is 16.3. The highest BCUT2D eigenvalue weighted by Crippen LogP contribution is 2.34. The molecule has 2 aromatic carbocycles. The summed E-state index contributed by atoms with van der Waals surface area (Å²) in [6.07, 6.45) is 2.37. The molecule has 1 atom stereocenters. The lowest BCUT2D eigenvalue weighted by atomic mass is 10.2. The van der Waals surface area contributed by atoms with Crippen molar-refractivity contribution in [2.75, 3.05) is 23.8 Å². The summed E-state index contributed by atoms with van der Waals surface area (Å²) in [5.41, 5.74) is 1.77. The Labute approximate surface area is 188 Å². The highest BCUT2D eigenvalue weighted by molar-refractivity contribution is 7.99. The van der Waals surface area contributed by atoms with Crippen LogP contribution in [0.4, 0.5) is 9.52 Å². The fraction of sp³-hybridized carbons (Fsp3) is 0.364. The molecule has 2 heterocycles. The number of hydrogen-bond donors (Lipinski definition) is 0. The van der Waals surface area contributed by atoms with Crippen molar-refractivity contribution in [1.29, 1.82) is 0 Å². The molecule has 4 rings (SSSR count). The van der Waals surface area contributed by atoms with Gasteiger partial charge in [0.2, 0.25) is 5.91 Å². The third kappa shape index (κ3) is 4.97. The van der Waals surface area contributed by atoms with E-state index in [9.17, 15) is 9.18 Å². The van der Waals surface area contributed by atoms with Crippen molar-refractivity contribution in [2.45, 2.75) is 37.2 Å². The molecule has 4 nitrogen and oxygen atoms in total. The van der Waals surface area contributed by atoms with Crippen LogP contribution in [-0.2, 0) is 9.53 Å². The first-order chi connectivity index (χ1) is 14.5. The fourth-order valence-corrected chi connectivity index (χ4v) is 5.45. The molecule has 0 aliphatic carbocycles. The van der Waals surface area contributed by atoms with Crippen LogP contribution in [0.15, 0.2) is 41.3 Å². The van der Waals surface area contributed by atoms with Crippen LogP contribution in [-0.4, -0.2) is 35.9 Å². The van der Waals surface area contributed by atoms with E-state index in [1.807, 2.05) is 19.1 Å². The summed E-state index contributed by atoms with van der Waals surface area (Å²) < 4.78 is 19.9. The number of aryl methyl sites for hydroxylation is 1. The molecule has 1 saturated heterocycles. The Morgan fingerprint density at radius 1 is 1.33 bits per heavy atom. The van der Waals surface area contributed by atoms with Gasteiger partial charge in [0, 0.05) is 28.7 Å². The third-order valence-electron chi connectivity index (χ3n) is 5.08. The number of rotatable bonds is 7. The van der Waals surface area contributed by atoms with Crippen LogP contribution in [0.2, 0.25) is 5.02 Å². The van der Waals surface area contributed by atoms with Gasteiger partial charge in [-0.3, -0.25) is 9.69 Å². The zero-order chi connectivity index (χ0) is 21.1.